The molecule has 168 valence electrons. The Balaban J connectivity index is 1.32. The molecule has 2 aliphatic carbocycles. The highest BCUT2D eigenvalue weighted by molar-refractivity contribution is 5.93. The molecule has 1 heterocycles. The Hall–Kier alpha value is -4.10. The predicted octanol–water partition coefficient (Wildman–Crippen LogP) is 8.37. The number of fused-ring (bicyclic) bond motifs is 4. The zero-order valence-electron chi connectivity index (χ0n) is 19.6. The van der Waals surface area contributed by atoms with Crippen LogP contribution in [0.2, 0.25) is 0 Å². The number of rotatable bonds is 3. The van der Waals surface area contributed by atoms with Crippen LogP contribution in [0.15, 0.2) is 115 Å². The minimum Gasteiger partial charge on any atom is -0.313 e. The first kappa shape index (κ1) is 20.3. The van der Waals surface area contributed by atoms with Gasteiger partial charge in [0, 0.05) is 22.3 Å². The maximum absolute atomic E-state index is 2.51. The van der Waals surface area contributed by atoms with Gasteiger partial charge in [-0.05, 0) is 65.1 Å². The summed E-state index contributed by atoms with van der Waals surface area (Å²) in [5, 5.41) is 1.34. The number of nitrogens with zero attached hydrogens (tertiary/aromatic N) is 1. The van der Waals surface area contributed by atoms with E-state index in [1.807, 2.05) is 0 Å². The van der Waals surface area contributed by atoms with Crippen LogP contribution in [0, 0.1) is 11.8 Å². The van der Waals surface area contributed by atoms with Crippen molar-refractivity contribution in [1.29, 1.82) is 0 Å². The lowest BCUT2D eigenvalue weighted by Crippen LogP contribution is -2.21. The van der Waals surface area contributed by atoms with E-state index in [-0.39, 0.29) is 0 Å². The van der Waals surface area contributed by atoms with Crippen molar-refractivity contribution in [3.8, 4) is 16.8 Å². The lowest BCUT2D eigenvalue weighted by molar-refractivity contribution is 0.459. The summed E-state index contributed by atoms with van der Waals surface area (Å²) in [5.74, 6) is 1.02. The van der Waals surface area contributed by atoms with Gasteiger partial charge in [-0.25, -0.2) is 0 Å². The standard InChI is InChI=1S/C34H27N/c1-2-9-24(10-3-1)27-13-8-14-30(22-27)35-33-16-7-6-15-31(33)32-20-19-29(23-34(32)35)28-18-17-25-11-4-5-12-26(25)21-28/h1-20,22,28-29H,21,23H2. The summed E-state index contributed by atoms with van der Waals surface area (Å²) in [6.07, 6.45) is 11.8. The Morgan fingerprint density at radius 3 is 2.29 bits per heavy atom. The van der Waals surface area contributed by atoms with Gasteiger partial charge in [-0.15, -0.1) is 0 Å². The minimum atomic E-state index is 0.493. The van der Waals surface area contributed by atoms with Crippen molar-refractivity contribution in [3.63, 3.8) is 0 Å². The van der Waals surface area contributed by atoms with Crippen molar-refractivity contribution in [3.05, 3.63) is 138 Å². The molecule has 2 unspecified atom stereocenters. The highest BCUT2D eigenvalue weighted by Gasteiger charge is 2.28. The average Bonchev–Trinajstić information content (AvgIpc) is 3.27. The van der Waals surface area contributed by atoms with Crippen molar-refractivity contribution in [1.82, 2.24) is 4.57 Å². The Labute approximate surface area is 206 Å². The van der Waals surface area contributed by atoms with Crippen LogP contribution in [0.3, 0.4) is 0 Å². The molecule has 2 atom stereocenters. The van der Waals surface area contributed by atoms with Crippen molar-refractivity contribution < 1.29 is 0 Å². The Morgan fingerprint density at radius 1 is 0.600 bits per heavy atom. The van der Waals surface area contributed by atoms with Gasteiger partial charge in [0.1, 0.15) is 0 Å². The van der Waals surface area contributed by atoms with E-state index in [9.17, 15) is 0 Å². The lowest BCUT2D eigenvalue weighted by Gasteiger charge is -2.29. The number of hydrogen-bond donors (Lipinski definition) is 0. The third-order valence-corrected chi connectivity index (χ3v) is 7.75. The first-order chi connectivity index (χ1) is 17.3. The van der Waals surface area contributed by atoms with Crippen molar-refractivity contribution >= 4 is 23.1 Å². The number of allylic oxidation sites excluding steroid dienone is 2. The molecule has 0 radical (unpaired) electrons. The number of benzene rings is 4. The van der Waals surface area contributed by atoms with Crippen LogP contribution in [0.5, 0.6) is 0 Å². The van der Waals surface area contributed by atoms with Crippen molar-refractivity contribution in [2.45, 2.75) is 12.8 Å². The second-order valence-corrected chi connectivity index (χ2v) is 9.78. The monoisotopic (exact) mass is 449 g/mol. The Kier molecular flexibility index (Phi) is 4.80. The zero-order chi connectivity index (χ0) is 23.2. The summed E-state index contributed by atoms with van der Waals surface area (Å²) in [5.41, 5.74) is 10.7. The third-order valence-electron chi connectivity index (χ3n) is 7.75. The SMILES string of the molecule is C1=CC(C2C=Cc3c(n(-c4cccc(-c5ccccc5)c4)c4ccccc34)C2)Cc2ccccc21. The van der Waals surface area contributed by atoms with Gasteiger partial charge in [-0.1, -0.05) is 109 Å². The number of hydrogen-bond acceptors (Lipinski definition) is 0. The van der Waals surface area contributed by atoms with Gasteiger partial charge in [0.05, 0.1) is 5.52 Å². The zero-order valence-corrected chi connectivity index (χ0v) is 19.6. The molecule has 1 aromatic heterocycles. The minimum absolute atomic E-state index is 0.493. The van der Waals surface area contributed by atoms with E-state index in [2.05, 4.69) is 132 Å². The van der Waals surface area contributed by atoms with E-state index in [0.717, 1.165) is 12.8 Å². The molecule has 1 nitrogen and oxygen atoms in total. The van der Waals surface area contributed by atoms with Gasteiger partial charge >= 0.3 is 0 Å². The van der Waals surface area contributed by atoms with Gasteiger partial charge in [0.15, 0.2) is 0 Å². The quantitative estimate of drug-likeness (QED) is 0.261. The second-order valence-electron chi connectivity index (χ2n) is 9.78. The van der Waals surface area contributed by atoms with Gasteiger partial charge in [-0.3, -0.25) is 0 Å². The van der Waals surface area contributed by atoms with Crippen LogP contribution in [0.25, 0.3) is 39.9 Å². The fourth-order valence-corrected chi connectivity index (χ4v) is 5.99. The summed E-state index contributed by atoms with van der Waals surface area (Å²) in [7, 11) is 0. The molecule has 0 amide bonds. The van der Waals surface area contributed by atoms with E-state index in [4.69, 9.17) is 0 Å². The summed E-state index contributed by atoms with van der Waals surface area (Å²) in [6.45, 7) is 0. The smallest absolute Gasteiger partial charge is 0.0537 e. The number of aromatic nitrogens is 1. The van der Waals surface area contributed by atoms with E-state index in [1.54, 1.807) is 0 Å². The van der Waals surface area contributed by atoms with Crippen LogP contribution >= 0.6 is 0 Å². The van der Waals surface area contributed by atoms with Crippen LogP contribution in [-0.2, 0) is 12.8 Å². The molecule has 7 rings (SSSR count). The molecule has 0 fully saturated rings. The first-order valence-corrected chi connectivity index (χ1v) is 12.6. The van der Waals surface area contributed by atoms with E-state index < -0.39 is 0 Å². The van der Waals surface area contributed by atoms with Gasteiger partial charge in [0.25, 0.3) is 0 Å². The maximum Gasteiger partial charge on any atom is 0.0537 e. The molecule has 4 aromatic carbocycles. The largest absolute Gasteiger partial charge is 0.313 e. The molecule has 0 spiro atoms. The van der Waals surface area contributed by atoms with E-state index in [0.29, 0.717) is 11.8 Å². The fraction of sp³-hybridized carbons (Fsp3) is 0.118. The Bertz CT molecular complexity index is 1600. The van der Waals surface area contributed by atoms with E-state index in [1.165, 1.54) is 50.1 Å². The van der Waals surface area contributed by atoms with Gasteiger partial charge in [0.2, 0.25) is 0 Å². The number of para-hydroxylation sites is 1. The lowest BCUT2D eigenvalue weighted by atomic mass is 9.77. The molecule has 1 heteroatoms. The summed E-state index contributed by atoms with van der Waals surface area (Å²) < 4.78 is 2.51. The summed E-state index contributed by atoms with van der Waals surface area (Å²) in [6, 6.07) is 37.4. The summed E-state index contributed by atoms with van der Waals surface area (Å²) in [4.78, 5) is 0. The molecule has 0 aliphatic heterocycles. The average molecular weight is 450 g/mol. The summed E-state index contributed by atoms with van der Waals surface area (Å²) >= 11 is 0. The molecule has 0 saturated carbocycles. The van der Waals surface area contributed by atoms with Gasteiger partial charge < -0.3 is 4.57 Å². The highest BCUT2D eigenvalue weighted by atomic mass is 15.0. The normalized spacial score (nSPS) is 18.4. The van der Waals surface area contributed by atoms with E-state index >= 15 is 0 Å². The van der Waals surface area contributed by atoms with Crippen LogP contribution in [0.1, 0.15) is 22.4 Å². The van der Waals surface area contributed by atoms with Crippen molar-refractivity contribution in [2.24, 2.45) is 11.8 Å². The maximum atomic E-state index is 2.51. The fourth-order valence-electron chi connectivity index (χ4n) is 5.99. The molecule has 5 aromatic rings. The van der Waals surface area contributed by atoms with Crippen LogP contribution in [0.4, 0.5) is 0 Å². The molecule has 2 aliphatic rings. The Morgan fingerprint density at radius 2 is 1.34 bits per heavy atom. The van der Waals surface area contributed by atoms with Gasteiger partial charge in [-0.2, -0.15) is 0 Å². The second kappa shape index (κ2) is 8.29. The molecule has 0 saturated heterocycles. The first-order valence-electron chi connectivity index (χ1n) is 12.6. The molecule has 0 N–H and O–H groups in total. The molecule has 0 bridgehead atoms. The highest BCUT2D eigenvalue weighted by Crippen LogP contribution is 2.39. The molecule has 35 heavy (non-hydrogen) atoms. The topological polar surface area (TPSA) is 4.93 Å². The molecular weight excluding hydrogens is 422 g/mol. The van der Waals surface area contributed by atoms with Crippen LogP contribution in [-0.4, -0.2) is 4.57 Å². The van der Waals surface area contributed by atoms with Crippen LogP contribution < -0.4 is 0 Å². The molecular formula is C34H27N. The predicted molar refractivity (Wildman–Crippen MR) is 148 cm³/mol. The third kappa shape index (κ3) is 3.47. The van der Waals surface area contributed by atoms with Crippen molar-refractivity contribution in [2.75, 3.05) is 0 Å².